The maximum atomic E-state index is 12.1. The molecular formula is C10H11F2NO. The number of rotatable bonds is 2. The molecule has 0 spiro atoms. The van der Waals surface area contributed by atoms with Gasteiger partial charge in [-0.2, -0.15) is 0 Å². The van der Waals surface area contributed by atoms with Crippen LogP contribution in [0, 0.1) is 0 Å². The Bertz CT molecular complexity index is 334. The number of hydrogen-bond acceptors (Lipinski definition) is 1. The van der Waals surface area contributed by atoms with Crippen LogP contribution in [-0.4, -0.2) is 17.2 Å². The highest BCUT2D eigenvalue weighted by atomic mass is 19.3. The molecule has 1 heterocycles. The third kappa shape index (κ3) is 1.56. The first kappa shape index (κ1) is 9.37. The normalized spacial score (nSPS) is 15.6. The summed E-state index contributed by atoms with van der Waals surface area (Å²) < 4.78 is 24.2. The molecule has 0 radical (unpaired) electrons. The molecule has 2 nitrogen and oxygen atoms in total. The van der Waals surface area contributed by atoms with Gasteiger partial charge in [-0.25, -0.2) is 8.78 Å². The van der Waals surface area contributed by atoms with E-state index in [-0.39, 0.29) is 5.69 Å². The highest BCUT2D eigenvalue weighted by Gasteiger charge is 2.22. The molecular weight excluding hydrogens is 188 g/mol. The lowest BCUT2D eigenvalue weighted by Crippen LogP contribution is -2.10. The quantitative estimate of drug-likeness (QED) is 0.728. The van der Waals surface area contributed by atoms with Gasteiger partial charge in [0.2, 0.25) is 5.78 Å². The van der Waals surface area contributed by atoms with Gasteiger partial charge in [0.1, 0.15) is 0 Å². The Morgan fingerprint density at radius 1 is 1.36 bits per heavy atom. The maximum absolute atomic E-state index is 12.1. The lowest BCUT2D eigenvalue weighted by Gasteiger charge is -2.08. The van der Waals surface area contributed by atoms with E-state index in [0.29, 0.717) is 0 Å². The van der Waals surface area contributed by atoms with Gasteiger partial charge in [-0.3, -0.25) is 4.79 Å². The largest absolute Gasteiger partial charge is 0.356 e. The van der Waals surface area contributed by atoms with Crippen molar-refractivity contribution in [1.29, 1.82) is 0 Å². The molecule has 0 fully saturated rings. The summed E-state index contributed by atoms with van der Waals surface area (Å²) in [4.78, 5) is 13.8. The van der Waals surface area contributed by atoms with Crippen LogP contribution in [0.1, 0.15) is 34.6 Å². The number of aromatic nitrogens is 1. The Balaban J connectivity index is 2.28. The molecule has 0 saturated heterocycles. The number of alkyl halides is 2. The number of H-pyrrole nitrogens is 1. The first-order valence-corrected chi connectivity index (χ1v) is 4.71. The van der Waals surface area contributed by atoms with Crippen LogP contribution >= 0.6 is 0 Å². The molecule has 14 heavy (non-hydrogen) atoms. The zero-order valence-electron chi connectivity index (χ0n) is 7.65. The van der Waals surface area contributed by atoms with Gasteiger partial charge in [0, 0.05) is 5.69 Å². The molecule has 1 N–H and O–H groups in total. The minimum atomic E-state index is -2.91. The van der Waals surface area contributed by atoms with Crippen molar-refractivity contribution in [3.8, 4) is 0 Å². The minimum absolute atomic E-state index is 0.0619. The van der Waals surface area contributed by atoms with E-state index >= 15 is 0 Å². The summed E-state index contributed by atoms with van der Waals surface area (Å²) in [7, 11) is 0. The van der Waals surface area contributed by atoms with E-state index in [2.05, 4.69) is 4.98 Å². The van der Waals surface area contributed by atoms with Crippen molar-refractivity contribution in [2.45, 2.75) is 32.1 Å². The van der Waals surface area contributed by atoms with Gasteiger partial charge in [0.25, 0.3) is 0 Å². The summed E-state index contributed by atoms with van der Waals surface area (Å²) in [5, 5.41) is 0. The van der Waals surface area contributed by atoms with Gasteiger partial charge in [-0.1, -0.05) is 0 Å². The molecule has 0 aromatic carbocycles. The molecule has 0 aliphatic heterocycles. The number of carbonyl (C=O) groups is 1. The maximum Gasteiger partial charge on any atom is 0.302 e. The molecule has 0 saturated carbocycles. The van der Waals surface area contributed by atoms with E-state index in [1.165, 1.54) is 0 Å². The van der Waals surface area contributed by atoms with E-state index in [1.54, 1.807) is 6.07 Å². The number of halogens is 2. The van der Waals surface area contributed by atoms with Crippen molar-refractivity contribution >= 4 is 5.78 Å². The standard InChI is InChI=1S/C10H11F2NO/c11-10(12)9(14)8-5-6-3-1-2-4-7(6)13-8/h5,10,13H,1-4H2. The fourth-order valence-corrected chi connectivity index (χ4v) is 1.85. The first-order valence-electron chi connectivity index (χ1n) is 4.71. The Hall–Kier alpha value is -1.19. The highest BCUT2D eigenvalue weighted by Crippen LogP contribution is 2.22. The number of hydrogen-bond donors (Lipinski definition) is 1. The van der Waals surface area contributed by atoms with E-state index in [0.717, 1.165) is 36.9 Å². The van der Waals surface area contributed by atoms with E-state index < -0.39 is 12.2 Å². The second-order valence-corrected chi connectivity index (χ2v) is 3.56. The van der Waals surface area contributed by atoms with Crippen molar-refractivity contribution in [3.05, 3.63) is 23.0 Å². The predicted octanol–water partition coefficient (Wildman–Crippen LogP) is 2.34. The number of carbonyl (C=O) groups excluding carboxylic acids is 1. The Labute approximate surface area is 80.3 Å². The fraction of sp³-hybridized carbons (Fsp3) is 0.500. The third-order valence-corrected chi connectivity index (χ3v) is 2.58. The Morgan fingerprint density at radius 2 is 2.07 bits per heavy atom. The van der Waals surface area contributed by atoms with E-state index in [4.69, 9.17) is 0 Å². The minimum Gasteiger partial charge on any atom is -0.356 e. The molecule has 0 amide bonds. The highest BCUT2D eigenvalue weighted by molar-refractivity contribution is 5.97. The van der Waals surface area contributed by atoms with Crippen LogP contribution in [0.5, 0.6) is 0 Å². The average molecular weight is 199 g/mol. The summed E-state index contributed by atoms with van der Waals surface area (Å²) in [6.07, 6.45) is 0.993. The van der Waals surface area contributed by atoms with Gasteiger partial charge in [0.15, 0.2) is 0 Å². The van der Waals surface area contributed by atoms with Gasteiger partial charge in [0.05, 0.1) is 5.69 Å². The molecule has 1 aromatic heterocycles. The summed E-state index contributed by atoms with van der Waals surface area (Å²) in [6.45, 7) is 0. The summed E-state index contributed by atoms with van der Waals surface area (Å²) in [5.74, 6) is -1.10. The predicted molar refractivity (Wildman–Crippen MR) is 47.8 cm³/mol. The SMILES string of the molecule is O=C(c1cc2c([nH]1)CCCC2)C(F)F. The number of fused-ring (bicyclic) bond motifs is 1. The molecule has 76 valence electrons. The number of aromatic amines is 1. The van der Waals surface area contributed by atoms with Crippen LogP contribution in [0.4, 0.5) is 8.78 Å². The van der Waals surface area contributed by atoms with E-state index in [9.17, 15) is 13.6 Å². The number of Topliss-reactive ketones (excluding diaryl/α,β-unsaturated/α-hetero) is 1. The van der Waals surface area contributed by atoms with Crippen LogP contribution < -0.4 is 0 Å². The molecule has 0 bridgehead atoms. The second kappa shape index (κ2) is 3.52. The van der Waals surface area contributed by atoms with Gasteiger partial charge in [-0.05, 0) is 37.3 Å². The number of aryl methyl sites for hydroxylation is 2. The lowest BCUT2D eigenvalue weighted by molar-refractivity contribution is 0.0673. The van der Waals surface area contributed by atoms with Crippen molar-refractivity contribution in [2.24, 2.45) is 0 Å². The third-order valence-electron chi connectivity index (χ3n) is 2.58. The topological polar surface area (TPSA) is 32.9 Å². The molecule has 1 aliphatic rings. The van der Waals surface area contributed by atoms with Crippen molar-refractivity contribution in [1.82, 2.24) is 4.98 Å². The van der Waals surface area contributed by atoms with Crippen LogP contribution in [0.25, 0.3) is 0 Å². The van der Waals surface area contributed by atoms with Gasteiger partial charge in [-0.15, -0.1) is 0 Å². The molecule has 1 aromatic rings. The van der Waals surface area contributed by atoms with Crippen molar-refractivity contribution in [2.75, 3.05) is 0 Å². The van der Waals surface area contributed by atoms with Crippen LogP contribution in [0.3, 0.4) is 0 Å². The second-order valence-electron chi connectivity index (χ2n) is 3.56. The number of ketones is 1. The zero-order valence-corrected chi connectivity index (χ0v) is 7.65. The lowest BCUT2D eigenvalue weighted by atomic mass is 9.98. The molecule has 1 aliphatic carbocycles. The van der Waals surface area contributed by atoms with Crippen LogP contribution in [0.15, 0.2) is 6.07 Å². The summed E-state index contributed by atoms with van der Waals surface area (Å²) in [6, 6.07) is 1.57. The zero-order chi connectivity index (χ0) is 10.1. The molecule has 2 rings (SSSR count). The molecule has 4 heteroatoms. The monoisotopic (exact) mass is 199 g/mol. The smallest absolute Gasteiger partial charge is 0.302 e. The average Bonchev–Trinajstić information content (AvgIpc) is 2.59. The van der Waals surface area contributed by atoms with E-state index in [1.807, 2.05) is 0 Å². The van der Waals surface area contributed by atoms with Crippen LogP contribution in [-0.2, 0) is 12.8 Å². The van der Waals surface area contributed by atoms with Crippen molar-refractivity contribution in [3.63, 3.8) is 0 Å². The first-order chi connectivity index (χ1) is 6.68. The summed E-state index contributed by atoms with van der Waals surface area (Å²) in [5.41, 5.74) is 2.05. The Morgan fingerprint density at radius 3 is 2.71 bits per heavy atom. The number of nitrogens with one attached hydrogen (secondary N) is 1. The van der Waals surface area contributed by atoms with Crippen molar-refractivity contribution < 1.29 is 13.6 Å². The summed E-state index contributed by atoms with van der Waals surface area (Å²) >= 11 is 0. The van der Waals surface area contributed by atoms with Gasteiger partial charge >= 0.3 is 6.43 Å². The fourth-order valence-electron chi connectivity index (χ4n) is 1.85. The molecule has 0 unspecified atom stereocenters. The molecule has 0 atom stereocenters. The van der Waals surface area contributed by atoms with Gasteiger partial charge < -0.3 is 4.98 Å². The Kier molecular flexibility index (Phi) is 2.35. The van der Waals surface area contributed by atoms with Crippen LogP contribution in [0.2, 0.25) is 0 Å².